The fraction of sp³-hybridized carbons (Fsp3) is 0.455. The minimum atomic E-state index is -11.1. The fourth-order valence-electron chi connectivity index (χ4n) is 1.63. The quantitative estimate of drug-likeness (QED) is 0.393. The van der Waals surface area contributed by atoms with Gasteiger partial charge in [0, 0.05) is 24.8 Å². The first-order valence-electron chi connectivity index (χ1n) is 6.37. The summed E-state index contributed by atoms with van der Waals surface area (Å²) in [6.45, 7) is 2.32. The third-order valence-corrected chi connectivity index (χ3v) is 2.51. The molecule has 4 nitrogen and oxygen atoms in total. The van der Waals surface area contributed by atoms with E-state index in [1.54, 1.807) is 11.8 Å². The van der Waals surface area contributed by atoms with Gasteiger partial charge in [0.2, 0.25) is 5.39 Å². The number of nitrogens with zero attached hydrogens (tertiary/aromatic N) is 3. The number of diazo groups is 1. The zero-order valence-electron chi connectivity index (χ0n) is 12.5. The van der Waals surface area contributed by atoms with Gasteiger partial charge in [0.15, 0.2) is 10.5 Å². The van der Waals surface area contributed by atoms with Crippen LogP contribution in [-0.2, 0) is 6.18 Å². The number of aliphatic hydroxyl groups excluding tert-OH is 1. The molecule has 0 aromatic heterocycles. The average Bonchev–Trinajstić information content (AvgIpc) is 2.39. The predicted octanol–water partition coefficient (Wildman–Crippen LogP) is 5.15. The molecule has 0 heterocycles. The van der Waals surface area contributed by atoms with E-state index in [4.69, 9.17) is 10.5 Å². The molecule has 0 aliphatic heterocycles. The molecule has 0 spiro atoms. The monoisotopic (exact) mass is 449 g/mol. The SMILES string of the molecule is CCN(CCO)c1ccc([N+]#N)c(C(F)(F)F)c1.F[As-](F)(F)(F)(F)F. The van der Waals surface area contributed by atoms with E-state index in [1.165, 1.54) is 6.07 Å². The summed E-state index contributed by atoms with van der Waals surface area (Å²) in [6, 6.07) is 3.43. The molecule has 0 unspecified atom stereocenters. The first kappa shape index (κ1) is 23.3. The summed E-state index contributed by atoms with van der Waals surface area (Å²) >= 11 is -11.1. The Balaban J connectivity index is 0.000000697. The fourth-order valence-corrected chi connectivity index (χ4v) is 1.63. The van der Waals surface area contributed by atoms with Crippen molar-refractivity contribution in [2.24, 2.45) is 0 Å². The second kappa shape index (κ2) is 6.91. The van der Waals surface area contributed by atoms with Crippen LogP contribution in [0.2, 0.25) is 0 Å². The summed E-state index contributed by atoms with van der Waals surface area (Å²) in [5.41, 5.74) is -1.20. The Morgan fingerprint density at radius 2 is 1.60 bits per heavy atom. The number of anilines is 1. The normalized spacial score (nSPS) is 14.5. The van der Waals surface area contributed by atoms with Crippen molar-refractivity contribution in [2.75, 3.05) is 24.6 Å². The summed E-state index contributed by atoms with van der Waals surface area (Å²) in [5.74, 6) is 0. The van der Waals surface area contributed by atoms with E-state index in [0.29, 0.717) is 12.2 Å². The Kier molecular flexibility index (Phi) is 6.45. The van der Waals surface area contributed by atoms with Crippen molar-refractivity contribution < 1.29 is 39.1 Å². The minimum absolute atomic E-state index is 0.151. The van der Waals surface area contributed by atoms with E-state index >= 15 is 0 Å². The molecule has 0 radical (unpaired) electrons. The Labute approximate surface area is 137 Å². The van der Waals surface area contributed by atoms with Gasteiger partial charge in [-0.1, -0.05) is 0 Å². The molecule has 25 heavy (non-hydrogen) atoms. The van der Waals surface area contributed by atoms with Crippen molar-refractivity contribution in [1.29, 1.82) is 5.39 Å². The van der Waals surface area contributed by atoms with Crippen molar-refractivity contribution in [2.45, 2.75) is 13.1 Å². The first-order valence-corrected chi connectivity index (χ1v) is 10.6. The molecule has 0 atom stereocenters. The van der Waals surface area contributed by atoms with Crippen LogP contribution < -0.4 is 4.90 Å². The van der Waals surface area contributed by atoms with E-state index in [1.807, 2.05) is 0 Å². The summed E-state index contributed by atoms with van der Waals surface area (Å²) < 4.78 is 97.6. The zero-order valence-corrected chi connectivity index (χ0v) is 14.4. The predicted molar refractivity (Wildman–Crippen MR) is 73.6 cm³/mol. The van der Waals surface area contributed by atoms with Crippen LogP contribution in [0.15, 0.2) is 18.2 Å². The molecular weight excluding hydrogens is 436 g/mol. The molecule has 0 amide bonds. The molecule has 0 bridgehead atoms. The molecule has 0 saturated carbocycles. The van der Waals surface area contributed by atoms with Crippen LogP contribution in [0.1, 0.15) is 12.5 Å². The van der Waals surface area contributed by atoms with Crippen LogP contribution in [0.4, 0.5) is 45.3 Å². The van der Waals surface area contributed by atoms with Gasteiger partial charge in [-0.2, -0.15) is 13.2 Å². The summed E-state index contributed by atoms with van der Waals surface area (Å²) in [4.78, 5) is 4.21. The molecule has 146 valence electrons. The van der Waals surface area contributed by atoms with Gasteiger partial charge in [-0.3, -0.25) is 0 Å². The third-order valence-electron chi connectivity index (χ3n) is 2.51. The van der Waals surface area contributed by atoms with Gasteiger partial charge in [-0.25, -0.2) is 0 Å². The number of hydrogen-bond acceptors (Lipinski definition) is 3. The molecule has 1 aromatic rings. The van der Waals surface area contributed by atoms with Crippen molar-refractivity contribution in [3.05, 3.63) is 28.7 Å². The Morgan fingerprint density at radius 3 is 1.92 bits per heavy atom. The first-order chi connectivity index (χ1) is 10.9. The third kappa shape index (κ3) is 11.5. The Morgan fingerprint density at radius 1 is 1.12 bits per heavy atom. The number of likely N-dealkylation sites (N-methyl/N-ethyl adjacent to an activating group) is 1. The van der Waals surface area contributed by atoms with E-state index in [2.05, 4.69) is 4.98 Å². The van der Waals surface area contributed by atoms with E-state index in [9.17, 15) is 34.0 Å². The second-order valence-corrected chi connectivity index (χ2v) is 8.58. The molecule has 0 aliphatic rings. The number of rotatable bonds is 4. The van der Waals surface area contributed by atoms with Crippen LogP contribution in [-0.4, -0.2) is 39.0 Å². The topological polar surface area (TPSA) is 51.6 Å². The molecular formula is C11H13AsF9N3O. The van der Waals surface area contributed by atoms with Crippen molar-refractivity contribution >= 4 is 25.5 Å². The number of halogens is 9. The molecule has 0 saturated heterocycles. The zero-order chi connectivity index (χ0) is 20.2. The second-order valence-electron chi connectivity index (χ2n) is 4.56. The molecule has 0 aliphatic carbocycles. The molecule has 0 fully saturated rings. The maximum absolute atomic E-state index is 12.7. The van der Waals surface area contributed by atoms with Gasteiger partial charge < -0.3 is 10.0 Å². The maximum atomic E-state index is 12.7. The number of aliphatic hydroxyl groups is 1. The van der Waals surface area contributed by atoms with Crippen molar-refractivity contribution in [3.8, 4) is 0 Å². The van der Waals surface area contributed by atoms with Gasteiger partial charge in [0.05, 0.1) is 6.61 Å². The van der Waals surface area contributed by atoms with Crippen LogP contribution in [0.3, 0.4) is 0 Å². The van der Waals surface area contributed by atoms with Crippen molar-refractivity contribution in [1.82, 2.24) is 0 Å². The van der Waals surface area contributed by atoms with Gasteiger partial charge in [0.25, 0.3) is 0 Å². The van der Waals surface area contributed by atoms with Crippen LogP contribution >= 0.6 is 0 Å². The van der Waals surface area contributed by atoms with Crippen LogP contribution in [0.25, 0.3) is 4.98 Å². The Hall–Kier alpha value is -1.67. The van der Waals surface area contributed by atoms with Crippen LogP contribution in [0.5, 0.6) is 0 Å². The average molecular weight is 449 g/mol. The standard InChI is InChI=1S/C11H13F3N3O.AsF6/c1-2-17(5-6-18)8-3-4-10(16-15)9(7-8)11(12,13)14;2-1(3,4,5,6)7/h3-4,7,18H,2,5-6H2,1H3;/q+1;-1. The van der Waals surface area contributed by atoms with E-state index < -0.39 is 31.6 Å². The number of hydrogen-bond donors (Lipinski definition) is 1. The molecule has 1 N–H and O–H groups in total. The summed E-state index contributed by atoms with van der Waals surface area (Å²) in [5, 5.41) is 17.4. The summed E-state index contributed by atoms with van der Waals surface area (Å²) in [7, 11) is 0. The van der Waals surface area contributed by atoms with Crippen LogP contribution in [0, 0.1) is 5.39 Å². The van der Waals surface area contributed by atoms with Gasteiger partial charge in [-0.15, -0.1) is 0 Å². The number of alkyl halides is 3. The van der Waals surface area contributed by atoms with Gasteiger partial charge >= 0.3 is 46.8 Å². The van der Waals surface area contributed by atoms with Crippen molar-refractivity contribution in [3.63, 3.8) is 0 Å². The van der Waals surface area contributed by atoms with E-state index in [-0.39, 0.29) is 13.2 Å². The molecule has 1 rings (SSSR count). The summed E-state index contributed by atoms with van der Waals surface area (Å²) in [6.07, 6.45) is -4.59. The van der Waals surface area contributed by atoms with Gasteiger partial charge in [-0.05, 0) is 19.1 Å². The molecule has 1 aromatic carbocycles. The number of benzene rings is 1. The van der Waals surface area contributed by atoms with Gasteiger partial charge in [0.1, 0.15) is 0 Å². The Bertz CT molecular complexity index is 625. The van der Waals surface area contributed by atoms with E-state index in [0.717, 1.165) is 12.1 Å². The molecule has 14 heteroatoms.